The summed E-state index contributed by atoms with van der Waals surface area (Å²) in [4.78, 5) is 34.4. The first-order valence-electron chi connectivity index (χ1n) is 10.3. The molecular weight excluding hydrogens is 402 g/mol. The number of hydrogen-bond donors (Lipinski definition) is 3. The third-order valence-corrected chi connectivity index (χ3v) is 7.09. The molecule has 30 heavy (non-hydrogen) atoms. The summed E-state index contributed by atoms with van der Waals surface area (Å²) in [5, 5.41) is 7.26. The van der Waals surface area contributed by atoms with Crippen LogP contribution in [0.4, 0.5) is 11.1 Å². The number of anilines is 2. The molecule has 2 aliphatic carbocycles. The van der Waals surface area contributed by atoms with Gasteiger partial charge in [0.2, 0.25) is 0 Å². The fourth-order valence-corrected chi connectivity index (χ4v) is 5.70. The van der Waals surface area contributed by atoms with Crippen molar-refractivity contribution in [3.63, 3.8) is 0 Å². The maximum absolute atomic E-state index is 12.3. The minimum atomic E-state index is -0.828. The molecule has 0 bridgehead atoms. The van der Waals surface area contributed by atoms with Gasteiger partial charge in [0.25, 0.3) is 5.95 Å². The normalized spacial score (nSPS) is 17.5. The summed E-state index contributed by atoms with van der Waals surface area (Å²) in [5.74, 6) is -1.40. The van der Waals surface area contributed by atoms with Crippen molar-refractivity contribution in [1.82, 2.24) is 25.0 Å². The molecule has 0 radical (unpaired) electrons. The lowest BCUT2D eigenvalue weighted by molar-refractivity contribution is -0.135. The van der Waals surface area contributed by atoms with E-state index in [1.165, 1.54) is 54.7 Å². The molecular formula is C20H23N7O2S. The van der Waals surface area contributed by atoms with Crippen LogP contribution in [0.15, 0.2) is 24.4 Å². The van der Waals surface area contributed by atoms with Gasteiger partial charge < -0.3 is 0 Å². The fraction of sp³-hybridized carbons (Fsp3) is 0.450. The van der Waals surface area contributed by atoms with E-state index in [0.29, 0.717) is 16.2 Å². The number of rotatable bonds is 3. The summed E-state index contributed by atoms with van der Waals surface area (Å²) in [5.41, 5.74) is 7.01. The highest BCUT2D eigenvalue weighted by atomic mass is 32.1. The lowest BCUT2D eigenvalue weighted by Crippen LogP contribution is -2.39. The number of aromatic nitrogens is 4. The van der Waals surface area contributed by atoms with Crippen LogP contribution >= 0.6 is 11.3 Å². The predicted octanol–water partition coefficient (Wildman–Crippen LogP) is 2.71. The Hall–Kier alpha value is -3.01. The number of nitrogens with zero attached hydrogens (tertiary/aromatic N) is 4. The number of pyridine rings is 1. The van der Waals surface area contributed by atoms with Crippen LogP contribution < -0.4 is 16.2 Å². The van der Waals surface area contributed by atoms with E-state index in [2.05, 4.69) is 31.2 Å². The molecule has 5 rings (SSSR count). The molecule has 1 spiro atoms. The summed E-state index contributed by atoms with van der Waals surface area (Å²) in [6, 6.07) is 5.44. The summed E-state index contributed by atoms with van der Waals surface area (Å²) in [6.45, 7) is 0. The Morgan fingerprint density at radius 3 is 2.77 bits per heavy atom. The van der Waals surface area contributed by atoms with E-state index in [-0.39, 0.29) is 5.95 Å². The van der Waals surface area contributed by atoms with Crippen LogP contribution in [0.1, 0.15) is 49.1 Å². The molecule has 1 fully saturated rings. The van der Waals surface area contributed by atoms with Gasteiger partial charge in [-0.1, -0.05) is 25.3 Å². The van der Waals surface area contributed by atoms with Gasteiger partial charge in [0.05, 0.1) is 5.69 Å². The average molecular weight is 426 g/mol. The number of amides is 2. The zero-order valence-corrected chi connectivity index (χ0v) is 17.3. The quantitative estimate of drug-likeness (QED) is 0.439. The van der Waals surface area contributed by atoms with E-state index in [9.17, 15) is 9.59 Å². The smallest absolute Gasteiger partial charge is 0.294 e. The van der Waals surface area contributed by atoms with Gasteiger partial charge in [-0.25, -0.2) is 9.50 Å². The molecule has 0 atom stereocenters. The Morgan fingerprint density at radius 1 is 1.07 bits per heavy atom. The van der Waals surface area contributed by atoms with E-state index in [1.807, 2.05) is 12.1 Å². The fourth-order valence-electron chi connectivity index (χ4n) is 4.52. The maximum atomic E-state index is 12.3. The van der Waals surface area contributed by atoms with Crippen molar-refractivity contribution >= 4 is 39.9 Å². The molecule has 0 aromatic carbocycles. The van der Waals surface area contributed by atoms with Gasteiger partial charge in [0, 0.05) is 11.1 Å². The van der Waals surface area contributed by atoms with Gasteiger partial charge in [-0.05, 0) is 49.7 Å². The summed E-state index contributed by atoms with van der Waals surface area (Å²) >= 11 is 1.49. The van der Waals surface area contributed by atoms with E-state index < -0.39 is 11.8 Å². The number of carbonyl (C=O) groups is 2. The highest BCUT2D eigenvalue weighted by Gasteiger charge is 2.37. The third kappa shape index (κ3) is 3.74. The van der Waals surface area contributed by atoms with Crippen LogP contribution in [0, 0.1) is 5.41 Å². The van der Waals surface area contributed by atoms with Crippen LogP contribution in [-0.2, 0) is 22.4 Å². The predicted molar refractivity (Wildman–Crippen MR) is 113 cm³/mol. The molecule has 3 aromatic heterocycles. The Bertz CT molecular complexity index is 1070. The van der Waals surface area contributed by atoms with Crippen molar-refractivity contribution in [3.05, 3.63) is 35.0 Å². The molecule has 1 saturated carbocycles. The second kappa shape index (κ2) is 7.67. The van der Waals surface area contributed by atoms with Gasteiger partial charge in [0.1, 0.15) is 0 Å². The molecule has 3 N–H and O–H groups in total. The third-order valence-electron chi connectivity index (χ3n) is 6.08. The number of nitrogens with one attached hydrogen (secondary N) is 3. The lowest BCUT2D eigenvalue weighted by atomic mass is 9.66. The zero-order chi connectivity index (χ0) is 20.6. The first-order chi connectivity index (χ1) is 14.6. The number of thiazole rings is 1. The summed E-state index contributed by atoms with van der Waals surface area (Å²) in [7, 11) is 0. The molecule has 0 saturated heterocycles. The van der Waals surface area contributed by atoms with Gasteiger partial charge in [0.15, 0.2) is 10.8 Å². The second-order valence-corrected chi connectivity index (χ2v) is 9.18. The molecule has 3 aromatic rings. The molecule has 10 heteroatoms. The van der Waals surface area contributed by atoms with Crippen LogP contribution in [-0.4, -0.2) is 31.4 Å². The highest BCUT2D eigenvalue weighted by Crippen LogP contribution is 2.47. The van der Waals surface area contributed by atoms with E-state index in [0.717, 1.165) is 18.5 Å². The van der Waals surface area contributed by atoms with Crippen LogP contribution in [0.25, 0.3) is 5.65 Å². The number of hydrazine groups is 1. The zero-order valence-electron chi connectivity index (χ0n) is 16.5. The largest absolute Gasteiger partial charge is 0.328 e. The van der Waals surface area contributed by atoms with E-state index in [1.54, 1.807) is 16.8 Å². The van der Waals surface area contributed by atoms with Crippen LogP contribution in [0.3, 0.4) is 0 Å². The van der Waals surface area contributed by atoms with Gasteiger partial charge in [-0.15, -0.1) is 16.4 Å². The lowest BCUT2D eigenvalue weighted by Gasteiger charge is -2.39. The second-order valence-electron chi connectivity index (χ2n) is 8.10. The minimum Gasteiger partial charge on any atom is -0.294 e. The van der Waals surface area contributed by atoms with E-state index >= 15 is 0 Å². The van der Waals surface area contributed by atoms with E-state index in [4.69, 9.17) is 0 Å². The van der Waals surface area contributed by atoms with Crippen molar-refractivity contribution in [3.8, 4) is 0 Å². The molecule has 2 amide bonds. The van der Waals surface area contributed by atoms with Gasteiger partial charge in [-0.3, -0.25) is 25.8 Å². The van der Waals surface area contributed by atoms with Gasteiger partial charge in [-0.2, -0.15) is 4.98 Å². The Morgan fingerprint density at radius 2 is 1.93 bits per heavy atom. The Kier molecular flexibility index (Phi) is 4.86. The Labute approximate surface area is 177 Å². The SMILES string of the molecule is O=C(NNc1nc2ccccn2n1)C(=O)Nc1nc2c(s1)CC1(CCCCC1)CC2. The summed E-state index contributed by atoms with van der Waals surface area (Å²) in [6.07, 6.45) is 11.5. The van der Waals surface area contributed by atoms with Gasteiger partial charge >= 0.3 is 11.8 Å². The van der Waals surface area contributed by atoms with Crippen molar-refractivity contribution in [2.75, 3.05) is 10.7 Å². The molecule has 3 heterocycles. The first-order valence-corrected chi connectivity index (χ1v) is 11.1. The van der Waals surface area contributed by atoms with Crippen molar-refractivity contribution < 1.29 is 9.59 Å². The highest BCUT2D eigenvalue weighted by molar-refractivity contribution is 7.16. The van der Waals surface area contributed by atoms with Crippen molar-refractivity contribution in [2.45, 2.75) is 51.4 Å². The number of carbonyl (C=O) groups excluding carboxylic acids is 2. The monoisotopic (exact) mass is 425 g/mol. The number of hydrogen-bond acceptors (Lipinski definition) is 7. The topological polar surface area (TPSA) is 113 Å². The summed E-state index contributed by atoms with van der Waals surface area (Å²) < 4.78 is 1.56. The minimum absolute atomic E-state index is 0.199. The molecule has 2 aliphatic rings. The van der Waals surface area contributed by atoms with Crippen molar-refractivity contribution in [1.29, 1.82) is 0 Å². The molecule has 9 nitrogen and oxygen atoms in total. The van der Waals surface area contributed by atoms with Crippen LogP contribution in [0.2, 0.25) is 0 Å². The van der Waals surface area contributed by atoms with Crippen molar-refractivity contribution in [2.24, 2.45) is 5.41 Å². The van der Waals surface area contributed by atoms with Crippen LogP contribution in [0.5, 0.6) is 0 Å². The molecule has 156 valence electrons. The molecule has 0 unspecified atom stereocenters. The standard InChI is InChI=1S/C20H23N7O2S/c28-16(17(29)24-25-18-22-15-6-2-5-11-27(15)26-18)23-19-21-13-7-10-20(12-14(13)30-19)8-3-1-4-9-20/h2,5-6,11H,1,3-4,7-10,12H2,(H,24,29)(H,25,26)(H,21,23,28). The first kappa shape index (κ1) is 19.0. The Balaban J connectivity index is 1.19. The maximum Gasteiger partial charge on any atom is 0.328 e. The average Bonchev–Trinajstić information content (AvgIpc) is 3.35. The molecule has 0 aliphatic heterocycles. The number of fused-ring (bicyclic) bond motifs is 2. The number of aryl methyl sites for hydroxylation is 1.